The van der Waals surface area contributed by atoms with Crippen LogP contribution in [0.2, 0.25) is 0 Å². The van der Waals surface area contributed by atoms with E-state index in [9.17, 15) is 28.8 Å². The fraction of sp³-hybridized carbons (Fsp3) is 0.667. The number of ether oxygens (including phenoxy) is 1. The number of nitrogens with one attached hydrogen (secondary N) is 8. The first kappa shape index (κ1) is 45.2. The van der Waals surface area contributed by atoms with Crippen molar-refractivity contribution in [3.63, 3.8) is 0 Å². The minimum Gasteiger partial charge on any atom is -0.361 e. The number of hydrogen-bond acceptors (Lipinski definition) is 8. The quantitative estimate of drug-likeness (QED) is 0.198. The molecule has 1 unspecified atom stereocenters. The summed E-state index contributed by atoms with van der Waals surface area (Å²) >= 11 is 0. The lowest BCUT2D eigenvalue weighted by atomic mass is 9.96. The molecule has 2 fully saturated rings. The van der Waals surface area contributed by atoms with Gasteiger partial charge in [0.25, 0.3) is 0 Å². The molecule has 1 aromatic heterocycles. The second-order valence-electron chi connectivity index (χ2n) is 18.0. The van der Waals surface area contributed by atoms with Crippen LogP contribution in [0.15, 0.2) is 30.5 Å². The average Bonchev–Trinajstić information content (AvgIpc) is 3.67. The number of hydrogen-bond donors (Lipinski definition) is 8. The summed E-state index contributed by atoms with van der Waals surface area (Å²) in [7, 11) is 0. The molecule has 0 spiro atoms. The van der Waals surface area contributed by atoms with Crippen LogP contribution in [0.3, 0.4) is 0 Å². The van der Waals surface area contributed by atoms with Crippen LogP contribution >= 0.6 is 0 Å². The molecule has 3 heterocycles. The SMILES string of the molecule is CC(C)C[C@H]1NC(=O)[C@H](Cc2c[nH]c3ccccc23)NC(=O)[C@@H](C(C)C)NC(=O)[C@H]2NC(OC2(C)C)[C@H](C(C)C)NC(=O)[C@@H](C(C)C)NC(=O)[C@H](C(C)C)NC1=O. The maximum Gasteiger partial charge on any atom is 0.243 e. The Morgan fingerprint density at radius 3 is 1.65 bits per heavy atom. The first-order valence-corrected chi connectivity index (χ1v) is 20.4. The number of amides is 6. The van der Waals surface area contributed by atoms with Crippen LogP contribution in [0.1, 0.15) is 95.1 Å². The van der Waals surface area contributed by atoms with Gasteiger partial charge in [-0.1, -0.05) is 87.4 Å². The lowest BCUT2D eigenvalue weighted by Crippen LogP contribution is -2.62. The topological polar surface area (TPSA) is 212 Å². The number of carbonyl (C=O) groups excluding carboxylic acids is 6. The van der Waals surface area contributed by atoms with Gasteiger partial charge in [-0.15, -0.1) is 0 Å². The largest absolute Gasteiger partial charge is 0.361 e. The molecule has 0 aliphatic carbocycles. The molecule has 2 bridgehead atoms. The zero-order chi connectivity index (χ0) is 42.5. The summed E-state index contributed by atoms with van der Waals surface area (Å²) in [6.45, 7) is 22.0. The van der Waals surface area contributed by atoms with Gasteiger partial charge in [0.05, 0.1) is 11.6 Å². The molecule has 6 amide bonds. The highest BCUT2D eigenvalue weighted by Crippen LogP contribution is 2.28. The van der Waals surface area contributed by atoms with Gasteiger partial charge < -0.3 is 41.6 Å². The zero-order valence-corrected chi connectivity index (χ0v) is 35.7. The van der Waals surface area contributed by atoms with Gasteiger partial charge in [-0.3, -0.25) is 34.1 Å². The third kappa shape index (κ3) is 11.1. The van der Waals surface area contributed by atoms with Gasteiger partial charge in [0.2, 0.25) is 35.4 Å². The summed E-state index contributed by atoms with van der Waals surface area (Å²) in [5.41, 5.74) is 0.567. The molecule has 2 aliphatic heterocycles. The summed E-state index contributed by atoms with van der Waals surface area (Å²) in [5, 5.41) is 21.6. The van der Waals surface area contributed by atoms with E-state index in [1.807, 2.05) is 65.8 Å². The predicted molar refractivity (Wildman–Crippen MR) is 218 cm³/mol. The molecule has 1 aromatic carbocycles. The summed E-state index contributed by atoms with van der Waals surface area (Å²) in [6.07, 6.45) is 1.31. The molecule has 4 rings (SSSR count). The fourth-order valence-electron chi connectivity index (χ4n) is 7.51. The standard InChI is InChI=1S/C42H66N8O7/c1-20(2)17-28-36(52)46-31(22(5)6)38(54)47-32(23(7)8)39(55)49-33(24(9)10)41-50-34(42(11,12)57-41)40(56)48-30(21(3)4)37(53)45-29(35(51)44-28)18-25-19-43-27-16-14-13-15-26(25)27/h13-16,19-24,28-34,41,43,50H,17-18H2,1-12H3,(H,44,51)(H,45,53)(H,46,52)(H,47,54)(H,48,56)(H,49,55)/t28-,29+,30-,31+,32-,33+,34-,41?/m1/s1. The zero-order valence-electron chi connectivity index (χ0n) is 35.7. The molecule has 8 atom stereocenters. The molecule has 15 heteroatoms. The Bertz CT molecular complexity index is 1770. The van der Waals surface area contributed by atoms with E-state index in [4.69, 9.17) is 4.74 Å². The molecule has 2 aromatic rings. The van der Waals surface area contributed by atoms with Crippen LogP contribution in [0, 0.1) is 29.6 Å². The highest BCUT2D eigenvalue weighted by molar-refractivity contribution is 5.97. The van der Waals surface area contributed by atoms with E-state index in [0.29, 0.717) is 0 Å². The third-order valence-electron chi connectivity index (χ3n) is 10.9. The summed E-state index contributed by atoms with van der Waals surface area (Å²) in [5.74, 6) is -4.55. The normalized spacial score (nSPS) is 28.6. The number of H-pyrrole nitrogens is 1. The molecule has 15 nitrogen and oxygen atoms in total. The van der Waals surface area contributed by atoms with Gasteiger partial charge in [0.15, 0.2) is 0 Å². The van der Waals surface area contributed by atoms with Crippen molar-refractivity contribution in [3.05, 3.63) is 36.0 Å². The van der Waals surface area contributed by atoms with Crippen LogP contribution < -0.4 is 37.2 Å². The van der Waals surface area contributed by atoms with Gasteiger partial charge in [-0.05, 0) is 61.5 Å². The monoisotopic (exact) mass is 795 g/mol. The second kappa shape index (κ2) is 18.8. The molecule has 316 valence electrons. The molecule has 0 radical (unpaired) electrons. The van der Waals surface area contributed by atoms with Gasteiger partial charge in [-0.2, -0.15) is 0 Å². The smallest absolute Gasteiger partial charge is 0.243 e. The number of carbonyl (C=O) groups is 6. The van der Waals surface area contributed by atoms with Gasteiger partial charge >= 0.3 is 0 Å². The summed E-state index contributed by atoms with van der Waals surface area (Å²) in [6, 6.07) is 0.781. The number of benzene rings is 1. The van der Waals surface area contributed by atoms with Crippen molar-refractivity contribution >= 4 is 46.3 Å². The van der Waals surface area contributed by atoms with E-state index >= 15 is 0 Å². The van der Waals surface area contributed by atoms with E-state index in [0.717, 1.165) is 16.5 Å². The molecule has 2 saturated heterocycles. The van der Waals surface area contributed by atoms with Gasteiger partial charge in [0, 0.05) is 23.5 Å². The highest BCUT2D eigenvalue weighted by atomic mass is 16.5. The Morgan fingerprint density at radius 2 is 1.09 bits per heavy atom. The number of rotatable bonds is 8. The molecular formula is C42H66N8O7. The summed E-state index contributed by atoms with van der Waals surface area (Å²) in [4.78, 5) is 88.0. The van der Waals surface area contributed by atoms with Crippen molar-refractivity contribution in [3.8, 4) is 0 Å². The second-order valence-corrected chi connectivity index (χ2v) is 18.0. The first-order chi connectivity index (χ1) is 26.6. The Morgan fingerprint density at radius 1 is 0.596 bits per heavy atom. The van der Waals surface area contributed by atoms with Crippen molar-refractivity contribution in [2.24, 2.45) is 29.6 Å². The van der Waals surface area contributed by atoms with E-state index in [1.165, 1.54) is 0 Å². The Kier molecular flexibility index (Phi) is 14.9. The molecular weight excluding hydrogens is 729 g/mol. The number of para-hydroxylation sites is 1. The van der Waals surface area contributed by atoms with E-state index < -0.39 is 89.6 Å². The molecule has 8 N–H and O–H groups in total. The first-order valence-electron chi connectivity index (χ1n) is 20.4. The lowest BCUT2D eigenvalue weighted by Gasteiger charge is -2.33. The maximum absolute atomic E-state index is 14.4. The number of aromatic nitrogens is 1. The Labute approximate surface area is 337 Å². The molecule has 57 heavy (non-hydrogen) atoms. The van der Waals surface area contributed by atoms with Crippen molar-refractivity contribution in [1.29, 1.82) is 0 Å². The van der Waals surface area contributed by atoms with Crippen LogP contribution in [0.25, 0.3) is 10.9 Å². The Hall–Kier alpha value is -4.50. The van der Waals surface area contributed by atoms with E-state index in [1.54, 1.807) is 47.7 Å². The number of fused-ring (bicyclic) bond motifs is 3. The maximum atomic E-state index is 14.4. The van der Waals surface area contributed by atoms with Gasteiger partial charge in [0.1, 0.15) is 42.5 Å². The van der Waals surface area contributed by atoms with Crippen molar-refractivity contribution in [1.82, 2.24) is 42.2 Å². The molecule has 0 saturated carbocycles. The lowest BCUT2D eigenvalue weighted by molar-refractivity contribution is -0.137. The minimum absolute atomic E-state index is 0.0378. The van der Waals surface area contributed by atoms with E-state index in [-0.39, 0.29) is 42.4 Å². The minimum atomic E-state index is -1.15. The fourth-order valence-corrected chi connectivity index (χ4v) is 7.51. The average molecular weight is 795 g/mol. The third-order valence-corrected chi connectivity index (χ3v) is 10.9. The summed E-state index contributed by atoms with van der Waals surface area (Å²) < 4.78 is 6.40. The van der Waals surface area contributed by atoms with Crippen molar-refractivity contribution < 1.29 is 33.5 Å². The predicted octanol–water partition coefficient (Wildman–Crippen LogP) is 2.40. The molecule has 2 aliphatic rings. The Balaban J connectivity index is 1.80. The van der Waals surface area contributed by atoms with E-state index in [2.05, 4.69) is 42.2 Å². The van der Waals surface area contributed by atoms with Gasteiger partial charge in [-0.25, -0.2) is 0 Å². The van der Waals surface area contributed by atoms with Crippen molar-refractivity contribution in [2.45, 2.75) is 150 Å². The number of aromatic amines is 1. The van der Waals surface area contributed by atoms with Crippen molar-refractivity contribution in [2.75, 3.05) is 0 Å². The van der Waals surface area contributed by atoms with Crippen LogP contribution in [-0.4, -0.2) is 94.5 Å². The highest BCUT2D eigenvalue weighted by Gasteiger charge is 2.50. The van der Waals surface area contributed by atoms with Crippen LogP contribution in [-0.2, 0) is 39.9 Å². The van der Waals surface area contributed by atoms with Crippen LogP contribution in [0.5, 0.6) is 0 Å². The van der Waals surface area contributed by atoms with Crippen LogP contribution in [0.4, 0.5) is 0 Å².